The molecule has 1 saturated heterocycles. The molecule has 128 valence electrons. The maximum Gasteiger partial charge on any atom is 0.225 e. The minimum atomic E-state index is -3.28. The van der Waals surface area contributed by atoms with Crippen LogP contribution in [0.25, 0.3) is 0 Å². The van der Waals surface area contributed by atoms with E-state index in [2.05, 4.69) is 0 Å². The fraction of sp³-hybridized carbons (Fsp3) is 0.611. The lowest BCUT2D eigenvalue weighted by atomic mass is 9.96. The van der Waals surface area contributed by atoms with E-state index < -0.39 is 9.84 Å². The van der Waals surface area contributed by atoms with Crippen molar-refractivity contribution >= 4 is 15.7 Å². The van der Waals surface area contributed by atoms with Gasteiger partial charge in [-0.15, -0.1) is 0 Å². The van der Waals surface area contributed by atoms with E-state index in [9.17, 15) is 13.2 Å². The number of carbonyl (C=O) groups excluding carboxylic acids is 1. The molecule has 1 atom stereocenters. The number of hydrogen-bond donors (Lipinski definition) is 0. The number of hydrogen-bond acceptors (Lipinski definition) is 3. The average molecular weight is 337 g/mol. The van der Waals surface area contributed by atoms with E-state index in [-0.39, 0.29) is 23.5 Å². The first kappa shape index (κ1) is 18.0. The second-order valence-electron chi connectivity index (χ2n) is 6.40. The first-order chi connectivity index (χ1) is 11.0. The largest absolute Gasteiger partial charge is 0.342 e. The quantitative estimate of drug-likeness (QED) is 0.801. The monoisotopic (exact) mass is 337 g/mol. The van der Waals surface area contributed by atoms with Gasteiger partial charge in [-0.25, -0.2) is 8.42 Å². The first-order valence-electron chi connectivity index (χ1n) is 8.54. The van der Waals surface area contributed by atoms with Gasteiger partial charge in [-0.1, -0.05) is 32.0 Å². The number of carbonyl (C=O) groups is 1. The van der Waals surface area contributed by atoms with Gasteiger partial charge in [-0.3, -0.25) is 4.79 Å². The van der Waals surface area contributed by atoms with Crippen molar-refractivity contribution < 1.29 is 13.2 Å². The fourth-order valence-corrected chi connectivity index (χ4v) is 4.99. The summed E-state index contributed by atoms with van der Waals surface area (Å²) in [4.78, 5) is 14.8. The van der Waals surface area contributed by atoms with Crippen LogP contribution in [0.4, 0.5) is 0 Å². The molecule has 1 aliphatic rings. The molecule has 0 N–H and O–H groups in total. The van der Waals surface area contributed by atoms with Crippen LogP contribution in [-0.4, -0.2) is 38.1 Å². The van der Waals surface area contributed by atoms with Gasteiger partial charge in [0.2, 0.25) is 5.91 Å². The van der Waals surface area contributed by atoms with Crippen molar-refractivity contribution in [2.75, 3.05) is 18.8 Å². The average Bonchev–Trinajstić information content (AvgIpc) is 2.56. The minimum Gasteiger partial charge on any atom is -0.342 e. The van der Waals surface area contributed by atoms with Crippen LogP contribution in [0.5, 0.6) is 0 Å². The predicted octanol–water partition coefficient (Wildman–Crippen LogP) is 3.14. The number of piperidine rings is 1. The zero-order chi connectivity index (χ0) is 16.9. The van der Waals surface area contributed by atoms with Gasteiger partial charge in [0, 0.05) is 19.0 Å². The van der Waals surface area contributed by atoms with Crippen LogP contribution in [0.15, 0.2) is 35.2 Å². The molecule has 5 heteroatoms. The number of rotatable bonds is 6. The van der Waals surface area contributed by atoms with E-state index in [1.54, 1.807) is 24.3 Å². The molecule has 0 aliphatic carbocycles. The van der Waals surface area contributed by atoms with Crippen molar-refractivity contribution in [1.29, 1.82) is 0 Å². The SMILES string of the molecule is CCC(CC)C(=O)N1CCCC(CS(=O)(=O)c2ccccc2)C1. The topological polar surface area (TPSA) is 54.5 Å². The molecule has 1 heterocycles. The van der Waals surface area contributed by atoms with Gasteiger partial charge in [0.25, 0.3) is 0 Å². The molecule has 2 rings (SSSR count). The van der Waals surface area contributed by atoms with Crippen LogP contribution in [0, 0.1) is 11.8 Å². The molecule has 0 spiro atoms. The molecule has 1 amide bonds. The lowest BCUT2D eigenvalue weighted by Gasteiger charge is -2.34. The van der Waals surface area contributed by atoms with Gasteiger partial charge in [0.15, 0.2) is 9.84 Å². The highest BCUT2D eigenvalue weighted by Crippen LogP contribution is 2.24. The fourth-order valence-electron chi connectivity index (χ4n) is 3.33. The molecule has 0 aromatic heterocycles. The molecule has 1 aromatic carbocycles. The van der Waals surface area contributed by atoms with E-state index in [0.29, 0.717) is 11.4 Å². The van der Waals surface area contributed by atoms with Gasteiger partial charge in [-0.05, 0) is 43.7 Å². The highest BCUT2D eigenvalue weighted by atomic mass is 32.2. The molecular weight excluding hydrogens is 310 g/mol. The number of nitrogens with zero attached hydrogens (tertiary/aromatic N) is 1. The number of sulfone groups is 1. The summed E-state index contributed by atoms with van der Waals surface area (Å²) in [5, 5.41) is 0. The summed E-state index contributed by atoms with van der Waals surface area (Å²) in [7, 11) is -3.28. The second kappa shape index (κ2) is 7.95. The number of amides is 1. The van der Waals surface area contributed by atoms with Crippen molar-refractivity contribution in [3.8, 4) is 0 Å². The zero-order valence-electron chi connectivity index (χ0n) is 14.1. The maximum atomic E-state index is 12.5. The lowest BCUT2D eigenvalue weighted by molar-refractivity contribution is -0.137. The maximum absolute atomic E-state index is 12.5. The third-order valence-corrected chi connectivity index (χ3v) is 6.62. The Labute approximate surface area is 139 Å². The summed E-state index contributed by atoms with van der Waals surface area (Å²) in [5.74, 6) is 0.424. The third kappa shape index (κ3) is 4.56. The van der Waals surface area contributed by atoms with Gasteiger partial charge in [-0.2, -0.15) is 0 Å². The van der Waals surface area contributed by atoms with Crippen LogP contribution in [0.1, 0.15) is 39.5 Å². The van der Waals surface area contributed by atoms with Crippen LogP contribution in [-0.2, 0) is 14.6 Å². The molecule has 1 aliphatic heterocycles. The lowest BCUT2D eigenvalue weighted by Crippen LogP contribution is -2.44. The van der Waals surface area contributed by atoms with Crippen LogP contribution in [0.3, 0.4) is 0 Å². The molecule has 4 nitrogen and oxygen atoms in total. The Morgan fingerprint density at radius 3 is 2.48 bits per heavy atom. The Balaban J connectivity index is 2.03. The summed E-state index contributed by atoms with van der Waals surface area (Å²) in [6.07, 6.45) is 3.46. The summed E-state index contributed by atoms with van der Waals surface area (Å²) < 4.78 is 25.0. The van der Waals surface area contributed by atoms with Crippen LogP contribution < -0.4 is 0 Å². The Kier molecular flexibility index (Phi) is 6.22. The number of likely N-dealkylation sites (tertiary alicyclic amines) is 1. The number of benzene rings is 1. The molecule has 0 radical (unpaired) electrons. The van der Waals surface area contributed by atoms with E-state index in [0.717, 1.165) is 32.2 Å². The van der Waals surface area contributed by atoms with Gasteiger partial charge < -0.3 is 4.90 Å². The third-order valence-electron chi connectivity index (χ3n) is 4.72. The van der Waals surface area contributed by atoms with Crippen LogP contribution in [0.2, 0.25) is 0 Å². The summed E-state index contributed by atoms with van der Waals surface area (Å²) >= 11 is 0. The van der Waals surface area contributed by atoms with Crippen molar-refractivity contribution in [2.45, 2.75) is 44.4 Å². The Bertz CT molecular complexity index is 608. The summed E-state index contributed by atoms with van der Waals surface area (Å²) in [6, 6.07) is 8.60. The van der Waals surface area contributed by atoms with Crippen molar-refractivity contribution in [3.05, 3.63) is 30.3 Å². The molecular formula is C18H27NO3S. The highest BCUT2D eigenvalue weighted by molar-refractivity contribution is 7.91. The summed E-state index contributed by atoms with van der Waals surface area (Å²) in [5.41, 5.74) is 0. The molecule has 1 unspecified atom stereocenters. The van der Waals surface area contributed by atoms with Gasteiger partial charge >= 0.3 is 0 Å². The zero-order valence-corrected chi connectivity index (χ0v) is 14.9. The molecule has 1 fully saturated rings. The smallest absolute Gasteiger partial charge is 0.225 e. The van der Waals surface area contributed by atoms with Crippen molar-refractivity contribution in [3.63, 3.8) is 0 Å². The van der Waals surface area contributed by atoms with E-state index in [1.807, 2.05) is 24.8 Å². The first-order valence-corrected chi connectivity index (χ1v) is 10.2. The van der Waals surface area contributed by atoms with E-state index in [1.165, 1.54) is 0 Å². The normalized spacial score (nSPS) is 19.1. The summed E-state index contributed by atoms with van der Waals surface area (Å²) in [6.45, 7) is 5.40. The Morgan fingerprint density at radius 2 is 1.87 bits per heavy atom. The van der Waals surface area contributed by atoms with Crippen molar-refractivity contribution in [2.24, 2.45) is 11.8 Å². The Hall–Kier alpha value is -1.36. The molecule has 23 heavy (non-hydrogen) atoms. The van der Waals surface area contributed by atoms with E-state index >= 15 is 0 Å². The molecule has 1 aromatic rings. The minimum absolute atomic E-state index is 0.0345. The van der Waals surface area contributed by atoms with Crippen LogP contribution >= 0.6 is 0 Å². The Morgan fingerprint density at radius 1 is 1.22 bits per heavy atom. The molecule has 0 saturated carbocycles. The van der Waals surface area contributed by atoms with Gasteiger partial charge in [0.1, 0.15) is 0 Å². The molecule has 0 bridgehead atoms. The standard InChI is InChI=1S/C18H27NO3S/c1-3-16(4-2)18(20)19-12-8-9-15(13-19)14-23(21,22)17-10-6-5-7-11-17/h5-7,10-11,15-16H,3-4,8-9,12-14H2,1-2H3. The van der Waals surface area contributed by atoms with Crippen molar-refractivity contribution in [1.82, 2.24) is 4.90 Å². The predicted molar refractivity (Wildman–Crippen MR) is 91.9 cm³/mol. The van der Waals surface area contributed by atoms with E-state index in [4.69, 9.17) is 0 Å². The van der Waals surface area contributed by atoms with Gasteiger partial charge in [0.05, 0.1) is 10.6 Å². The second-order valence-corrected chi connectivity index (χ2v) is 8.43. The highest BCUT2D eigenvalue weighted by Gasteiger charge is 2.30.